The van der Waals surface area contributed by atoms with Crippen molar-refractivity contribution >= 4 is 17.5 Å². The van der Waals surface area contributed by atoms with Crippen molar-refractivity contribution in [2.75, 3.05) is 11.9 Å². The van der Waals surface area contributed by atoms with Crippen molar-refractivity contribution in [3.63, 3.8) is 0 Å². The van der Waals surface area contributed by atoms with Crippen molar-refractivity contribution in [1.82, 2.24) is 5.32 Å². The van der Waals surface area contributed by atoms with Gasteiger partial charge >= 0.3 is 11.8 Å². The Morgan fingerprint density at radius 1 is 0.957 bits per heavy atom. The van der Waals surface area contributed by atoms with Crippen LogP contribution in [0, 0.1) is 13.8 Å². The van der Waals surface area contributed by atoms with E-state index in [0.717, 1.165) is 16.7 Å². The van der Waals surface area contributed by atoms with Gasteiger partial charge in [-0.2, -0.15) is 0 Å². The van der Waals surface area contributed by atoms with E-state index in [2.05, 4.69) is 10.6 Å². The molecule has 0 bridgehead atoms. The van der Waals surface area contributed by atoms with Crippen LogP contribution in [-0.2, 0) is 9.59 Å². The zero-order chi connectivity index (χ0) is 16.8. The van der Waals surface area contributed by atoms with Crippen LogP contribution in [0.25, 0.3) is 0 Å². The van der Waals surface area contributed by atoms with Crippen molar-refractivity contribution < 1.29 is 9.59 Å². The number of hydrogen-bond donors (Lipinski definition) is 2. The van der Waals surface area contributed by atoms with E-state index in [4.69, 9.17) is 0 Å². The third-order valence-corrected chi connectivity index (χ3v) is 4.00. The van der Waals surface area contributed by atoms with E-state index >= 15 is 0 Å². The van der Waals surface area contributed by atoms with E-state index in [1.165, 1.54) is 0 Å². The molecule has 0 radical (unpaired) electrons. The van der Waals surface area contributed by atoms with Crippen LogP contribution in [0.4, 0.5) is 5.69 Å². The molecule has 0 heterocycles. The molecule has 23 heavy (non-hydrogen) atoms. The molecular formula is C19H22N2O2. The SMILES string of the molecule is Cc1cccc(NC(=O)C(=O)NCC(C)c2ccccc2)c1C. The van der Waals surface area contributed by atoms with Crippen LogP contribution >= 0.6 is 0 Å². The molecule has 0 spiro atoms. The Kier molecular flexibility index (Phi) is 5.52. The van der Waals surface area contributed by atoms with Crippen molar-refractivity contribution in [3.8, 4) is 0 Å². The van der Waals surface area contributed by atoms with Gasteiger partial charge in [0, 0.05) is 12.2 Å². The van der Waals surface area contributed by atoms with Gasteiger partial charge in [0.2, 0.25) is 0 Å². The van der Waals surface area contributed by atoms with Gasteiger partial charge in [-0.3, -0.25) is 9.59 Å². The minimum absolute atomic E-state index is 0.147. The van der Waals surface area contributed by atoms with Crippen LogP contribution in [0.5, 0.6) is 0 Å². The second kappa shape index (κ2) is 7.58. The third kappa shape index (κ3) is 4.42. The van der Waals surface area contributed by atoms with Crippen molar-refractivity contribution in [2.45, 2.75) is 26.7 Å². The molecular weight excluding hydrogens is 288 g/mol. The molecule has 2 aromatic rings. The maximum absolute atomic E-state index is 12.0. The molecule has 4 nitrogen and oxygen atoms in total. The Morgan fingerprint density at radius 2 is 1.65 bits per heavy atom. The Morgan fingerprint density at radius 3 is 2.35 bits per heavy atom. The summed E-state index contributed by atoms with van der Waals surface area (Å²) in [7, 11) is 0. The molecule has 0 saturated carbocycles. The summed E-state index contributed by atoms with van der Waals surface area (Å²) in [6.45, 7) is 6.31. The Labute approximate surface area is 136 Å². The molecule has 1 atom stereocenters. The number of benzene rings is 2. The van der Waals surface area contributed by atoms with Gasteiger partial charge in [-0.1, -0.05) is 49.4 Å². The van der Waals surface area contributed by atoms with Gasteiger partial charge in [0.05, 0.1) is 0 Å². The highest BCUT2D eigenvalue weighted by Gasteiger charge is 2.16. The smallest absolute Gasteiger partial charge is 0.313 e. The zero-order valence-corrected chi connectivity index (χ0v) is 13.7. The van der Waals surface area contributed by atoms with E-state index in [9.17, 15) is 9.59 Å². The first-order valence-electron chi connectivity index (χ1n) is 7.69. The molecule has 0 aromatic heterocycles. The van der Waals surface area contributed by atoms with Gasteiger partial charge in [-0.25, -0.2) is 0 Å². The second-order valence-electron chi connectivity index (χ2n) is 5.72. The van der Waals surface area contributed by atoms with Gasteiger partial charge < -0.3 is 10.6 Å². The van der Waals surface area contributed by atoms with Crippen molar-refractivity contribution in [1.29, 1.82) is 0 Å². The molecule has 0 aliphatic carbocycles. The molecule has 2 aromatic carbocycles. The summed E-state index contributed by atoms with van der Waals surface area (Å²) in [6.07, 6.45) is 0. The summed E-state index contributed by atoms with van der Waals surface area (Å²) in [5.74, 6) is -1.11. The highest BCUT2D eigenvalue weighted by atomic mass is 16.2. The zero-order valence-electron chi connectivity index (χ0n) is 13.7. The predicted octanol–water partition coefficient (Wildman–Crippen LogP) is 3.16. The summed E-state index contributed by atoms with van der Waals surface area (Å²) in [4.78, 5) is 24.0. The number of amides is 2. The van der Waals surface area contributed by atoms with E-state index < -0.39 is 11.8 Å². The maximum atomic E-state index is 12.0. The number of hydrogen-bond acceptors (Lipinski definition) is 2. The first-order valence-corrected chi connectivity index (χ1v) is 7.69. The molecule has 1 unspecified atom stereocenters. The van der Waals surface area contributed by atoms with Crippen molar-refractivity contribution in [2.24, 2.45) is 0 Å². The first kappa shape index (κ1) is 16.7. The van der Waals surface area contributed by atoms with Crippen LogP contribution in [-0.4, -0.2) is 18.4 Å². The van der Waals surface area contributed by atoms with Gasteiger partial charge in [0.25, 0.3) is 0 Å². The lowest BCUT2D eigenvalue weighted by molar-refractivity contribution is -0.136. The highest BCUT2D eigenvalue weighted by molar-refractivity contribution is 6.39. The number of aryl methyl sites for hydroxylation is 1. The fraction of sp³-hybridized carbons (Fsp3) is 0.263. The lowest BCUT2D eigenvalue weighted by atomic mass is 10.0. The average molecular weight is 310 g/mol. The predicted molar refractivity (Wildman–Crippen MR) is 92.4 cm³/mol. The lowest BCUT2D eigenvalue weighted by Gasteiger charge is -2.14. The molecule has 2 rings (SSSR count). The fourth-order valence-electron chi connectivity index (χ4n) is 2.29. The summed E-state index contributed by atoms with van der Waals surface area (Å²) in [5.41, 5.74) is 3.83. The average Bonchev–Trinajstić information content (AvgIpc) is 2.57. The van der Waals surface area contributed by atoms with Crippen LogP contribution in [0.1, 0.15) is 29.5 Å². The molecule has 0 aliphatic rings. The Balaban J connectivity index is 1.90. The summed E-state index contributed by atoms with van der Waals surface area (Å²) in [6, 6.07) is 15.5. The van der Waals surface area contributed by atoms with Gasteiger partial charge in [0.15, 0.2) is 0 Å². The first-order chi connectivity index (χ1) is 11.0. The second-order valence-corrected chi connectivity index (χ2v) is 5.72. The van der Waals surface area contributed by atoms with E-state index in [1.807, 2.05) is 63.2 Å². The number of carbonyl (C=O) groups is 2. The standard InChI is InChI=1S/C19H22N2O2/c1-13-8-7-11-17(15(13)3)21-19(23)18(22)20-12-14(2)16-9-5-4-6-10-16/h4-11,14H,12H2,1-3H3,(H,20,22)(H,21,23). The number of rotatable bonds is 4. The van der Waals surface area contributed by atoms with Gasteiger partial charge in [0.1, 0.15) is 0 Å². The highest BCUT2D eigenvalue weighted by Crippen LogP contribution is 2.18. The molecule has 2 N–H and O–H groups in total. The van der Waals surface area contributed by atoms with E-state index in [-0.39, 0.29) is 5.92 Å². The molecule has 0 saturated heterocycles. The molecule has 4 heteroatoms. The Hall–Kier alpha value is -2.62. The van der Waals surface area contributed by atoms with Crippen molar-refractivity contribution in [3.05, 3.63) is 65.2 Å². The monoisotopic (exact) mass is 310 g/mol. The molecule has 120 valence electrons. The number of nitrogens with one attached hydrogen (secondary N) is 2. The van der Waals surface area contributed by atoms with E-state index in [0.29, 0.717) is 12.2 Å². The molecule has 0 fully saturated rings. The molecule has 0 aliphatic heterocycles. The Bertz CT molecular complexity index is 696. The largest absolute Gasteiger partial charge is 0.347 e. The van der Waals surface area contributed by atoms with E-state index in [1.54, 1.807) is 6.07 Å². The minimum atomic E-state index is -0.640. The van der Waals surface area contributed by atoms with Gasteiger partial charge in [-0.05, 0) is 42.5 Å². The summed E-state index contributed by atoms with van der Waals surface area (Å²) < 4.78 is 0. The fourth-order valence-corrected chi connectivity index (χ4v) is 2.29. The normalized spacial score (nSPS) is 11.6. The van der Waals surface area contributed by atoms with Crippen LogP contribution in [0.2, 0.25) is 0 Å². The summed E-state index contributed by atoms with van der Waals surface area (Å²) in [5, 5.41) is 5.35. The van der Waals surface area contributed by atoms with Crippen LogP contribution in [0.3, 0.4) is 0 Å². The quantitative estimate of drug-likeness (QED) is 0.852. The van der Waals surface area contributed by atoms with Gasteiger partial charge in [-0.15, -0.1) is 0 Å². The lowest BCUT2D eigenvalue weighted by Crippen LogP contribution is -2.37. The maximum Gasteiger partial charge on any atom is 0.313 e. The van der Waals surface area contributed by atoms with Crippen LogP contribution < -0.4 is 10.6 Å². The molecule has 2 amide bonds. The number of carbonyl (C=O) groups excluding carboxylic acids is 2. The van der Waals surface area contributed by atoms with Crippen LogP contribution in [0.15, 0.2) is 48.5 Å². The topological polar surface area (TPSA) is 58.2 Å². The minimum Gasteiger partial charge on any atom is -0.347 e. The summed E-state index contributed by atoms with van der Waals surface area (Å²) >= 11 is 0. The third-order valence-electron chi connectivity index (χ3n) is 4.00. The number of anilines is 1.